The lowest BCUT2D eigenvalue weighted by molar-refractivity contribution is -0.139. The van der Waals surface area contributed by atoms with E-state index < -0.39 is 6.04 Å². The van der Waals surface area contributed by atoms with Gasteiger partial charge in [-0.3, -0.25) is 9.59 Å². The third kappa shape index (κ3) is 2.54. The first kappa shape index (κ1) is 13.4. The number of benzene rings is 1. The van der Waals surface area contributed by atoms with Crippen LogP contribution < -0.4 is 9.64 Å². The van der Waals surface area contributed by atoms with Gasteiger partial charge in [-0.25, -0.2) is 0 Å². The van der Waals surface area contributed by atoms with Gasteiger partial charge in [0.1, 0.15) is 11.8 Å². The normalized spacial score (nSPS) is 19.5. The molecule has 19 heavy (non-hydrogen) atoms. The Morgan fingerprint density at radius 2 is 1.89 bits per heavy atom. The number of rotatable bonds is 2. The zero-order valence-corrected chi connectivity index (χ0v) is 11.4. The first-order chi connectivity index (χ1) is 9.04. The molecule has 5 nitrogen and oxygen atoms in total. The summed E-state index contributed by atoms with van der Waals surface area (Å²) in [6, 6.07) is 6.95. The average molecular weight is 262 g/mol. The third-order valence-electron chi connectivity index (χ3n) is 3.44. The lowest BCUT2D eigenvalue weighted by atomic mass is 10.1. The number of methoxy groups -OCH3 is 1. The molecule has 0 aromatic heterocycles. The molecule has 0 N–H and O–H groups in total. The van der Waals surface area contributed by atoms with Crippen molar-refractivity contribution in [3.05, 3.63) is 24.3 Å². The fraction of sp³-hybridized carbons (Fsp3) is 0.429. The van der Waals surface area contributed by atoms with Gasteiger partial charge in [-0.05, 0) is 31.2 Å². The van der Waals surface area contributed by atoms with Crippen molar-refractivity contribution in [1.29, 1.82) is 0 Å². The molecule has 1 aliphatic rings. The topological polar surface area (TPSA) is 49.9 Å². The van der Waals surface area contributed by atoms with Crippen LogP contribution in [0, 0.1) is 0 Å². The van der Waals surface area contributed by atoms with E-state index in [9.17, 15) is 9.59 Å². The maximum absolute atomic E-state index is 12.3. The second-order valence-corrected chi connectivity index (χ2v) is 4.58. The van der Waals surface area contributed by atoms with Crippen molar-refractivity contribution in [2.24, 2.45) is 0 Å². The molecule has 102 valence electrons. The van der Waals surface area contributed by atoms with Crippen molar-refractivity contribution < 1.29 is 14.3 Å². The average Bonchev–Trinajstić information content (AvgIpc) is 2.41. The Bertz CT molecular complexity index is 484. The van der Waals surface area contributed by atoms with Crippen LogP contribution in [0.4, 0.5) is 5.69 Å². The second kappa shape index (κ2) is 5.30. The Balaban J connectivity index is 2.18. The van der Waals surface area contributed by atoms with Crippen LogP contribution >= 0.6 is 0 Å². The molecule has 0 unspecified atom stereocenters. The minimum Gasteiger partial charge on any atom is -0.497 e. The van der Waals surface area contributed by atoms with Crippen LogP contribution in [0.5, 0.6) is 5.75 Å². The number of piperazine rings is 1. The van der Waals surface area contributed by atoms with E-state index in [2.05, 4.69) is 0 Å². The first-order valence-corrected chi connectivity index (χ1v) is 6.27. The zero-order chi connectivity index (χ0) is 14.0. The summed E-state index contributed by atoms with van der Waals surface area (Å²) in [5, 5.41) is 0. The number of carbonyl (C=O) groups is 2. The SMILES string of the molecule is COc1ccc(N2CCN(C(C)=O)[C@H](C)C2=O)cc1. The lowest BCUT2D eigenvalue weighted by Gasteiger charge is -2.38. The van der Waals surface area contributed by atoms with Gasteiger partial charge in [0.25, 0.3) is 0 Å². The Kier molecular flexibility index (Phi) is 3.74. The van der Waals surface area contributed by atoms with Gasteiger partial charge in [-0.2, -0.15) is 0 Å². The Labute approximate surface area is 112 Å². The standard InChI is InChI=1S/C14H18N2O3/c1-10-14(18)16(9-8-15(10)11(2)17)12-4-6-13(19-3)7-5-12/h4-7,10H,8-9H2,1-3H3/t10-/m1/s1. The molecule has 1 aromatic rings. The molecule has 0 bridgehead atoms. The molecule has 5 heteroatoms. The molecule has 1 aliphatic heterocycles. The van der Waals surface area contributed by atoms with Gasteiger partial charge in [0.15, 0.2) is 0 Å². The summed E-state index contributed by atoms with van der Waals surface area (Å²) in [5.41, 5.74) is 0.834. The van der Waals surface area contributed by atoms with Crippen molar-refractivity contribution in [2.45, 2.75) is 19.9 Å². The Morgan fingerprint density at radius 1 is 1.26 bits per heavy atom. The van der Waals surface area contributed by atoms with E-state index in [-0.39, 0.29) is 11.8 Å². The quantitative estimate of drug-likeness (QED) is 0.806. The molecule has 1 saturated heterocycles. The van der Waals surface area contributed by atoms with Crippen molar-refractivity contribution in [3.8, 4) is 5.75 Å². The molecule has 0 spiro atoms. The number of hydrogen-bond acceptors (Lipinski definition) is 3. The van der Waals surface area contributed by atoms with Crippen LogP contribution in [-0.2, 0) is 9.59 Å². The van der Waals surface area contributed by atoms with Crippen LogP contribution in [0.2, 0.25) is 0 Å². The molecular formula is C14H18N2O3. The van der Waals surface area contributed by atoms with Crippen LogP contribution in [0.1, 0.15) is 13.8 Å². The van der Waals surface area contributed by atoms with Crippen LogP contribution in [0.15, 0.2) is 24.3 Å². The Hall–Kier alpha value is -2.04. The Morgan fingerprint density at radius 3 is 2.42 bits per heavy atom. The fourth-order valence-electron chi connectivity index (χ4n) is 2.32. The molecule has 1 heterocycles. The number of hydrogen-bond donors (Lipinski definition) is 0. The predicted molar refractivity (Wildman–Crippen MR) is 72.2 cm³/mol. The molecular weight excluding hydrogens is 244 g/mol. The molecule has 2 rings (SSSR count). The number of nitrogens with zero attached hydrogens (tertiary/aromatic N) is 2. The monoisotopic (exact) mass is 262 g/mol. The third-order valence-corrected chi connectivity index (χ3v) is 3.44. The van der Waals surface area contributed by atoms with Gasteiger partial charge in [0.2, 0.25) is 11.8 Å². The predicted octanol–water partition coefficient (Wildman–Crippen LogP) is 1.28. The fourth-order valence-corrected chi connectivity index (χ4v) is 2.32. The number of carbonyl (C=O) groups excluding carboxylic acids is 2. The highest BCUT2D eigenvalue weighted by molar-refractivity contribution is 5.99. The minimum atomic E-state index is -0.409. The van der Waals surface area contributed by atoms with E-state index >= 15 is 0 Å². The molecule has 2 amide bonds. The summed E-state index contributed by atoms with van der Waals surface area (Å²) in [6.07, 6.45) is 0. The second-order valence-electron chi connectivity index (χ2n) is 4.58. The van der Waals surface area contributed by atoms with E-state index in [1.165, 1.54) is 6.92 Å². The van der Waals surface area contributed by atoms with E-state index in [0.717, 1.165) is 11.4 Å². The summed E-state index contributed by atoms with van der Waals surface area (Å²) in [7, 11) is 1.61. The highest BCUT2D eigenvalue weighted by Gasteiger charge is 2.33. The smallest absolute Gasteiger partial charge is 0.249 e. The molecule has 0 saturated carbocycles. The lowest BCUT2D eigenvalue weighted by Crippen LogP contribution is -2.57. The molecule has 0 radical (unpaired) electrons. The highest BCUT2D eigenvalue weighted by Crippen LogP contribution is 2.23. The molecule has 1 fully saturated rings. The van der Waals surface area contributed by atoms with Crippen LogP contribution in [-0.4, -0.2) is 43.0 Å². The van der Waals surface area contributed by atoms with Crippen molar-refractivity contribution in [2.75, 3.05) is 25.1 Å². The van der Waals surface area contributed by atoms with Crippen molar-refractivity contribution in [3.63, 3.8) is 0 Å². The number of amides is 2. The van der Waals surface area contributed by atoms with Gasteiger partial charge in [-0.1, -0.05) is 0 Å². The summed E-state index contributed by atoms with van der Waals surface area (Å²) < 4.78 is 5.10. The largest absolute Gasteiger partial charge is 0.497 e. The maximum atomic E-state index is 12.3. The zero-order valence-electron chi connectivity index (χ0n) is 11.4. The first-order valence-electron chi connectivity index (χ1n) is 6.27. The summed E-state index contributed by atoms with van der Waals surface area (Å²) >= 11 is 0. The molecule has 1 atom stereocenters. The van der Waals surface area contributed by atoms with Gasteiger partial charge in [0.05, 0.1) is 7.11 Å². The number of ether oxygens (including phenoxy) is 1. The molecule has 0 aliphatic carbocycles. The van der Waals surface area contributed by atoms with E-state index in [1.807, 2.05) is 24.3 Å². The van der Waals surface area contributed by atoms with Crippen molar-refractivity contribution in [1.82, 2.24) is 4.90 Å². The van der Waals surface area contributed by atoms with Gasteiger partial charge in [0, 0.05) is 25.7 Å². The maximum Gasteiger partial charge on any atom is 0.249 e. The summed E-state index contributed by atoms with van der Waals surface area (Å²) in [5.74, 6) is 0.647. The number of anilines is 1. The van der Waals surface area contributed by atoms with Gasteiger partial charge in [-0.15, -0.1) is 0 Å². The van der Waals surface area contributed by atoms with Gasteiger partial charge < -0.3 is 14.5 Å². The molecule has 1 aromatic carbocycles. The van der Waals surface area contributed by atoms with Crippen molar-refractivity contribution >= 4 is 17.5 Å². The summed E-state index contributed by atoms with van der Waals surface area (Å²) in [6.45, 7) is 4.34. The summed E-state index contributed by atoms with van der Waals surface area (Å²) in [4.78, 5) is 27.0. The van der Waals surface area contributed by atoms with Crippen LogP contribution in [0.3, 0.4) is 0 Å². The van der Waals surface area contributed by atoms with E-state index in [4.69, 9.17) is 4.74 Å². The minimum absolute atomic E-state index is 0.0494. The van der Waals surface area contributed by atoms with Crippen LogP contribution in [0.25, 0.3) is 0 Å². The van der Waals surface area contributed by atoms with E-state index in [0.29, 0.717) is 13.1 Å². The van der Waals surface area contributed by atoms with Gasteiger partial charge >= 0.3 is 0 Å². The highest BCUT2D eigenvalue weighted by atomic mass is 16.5. The van der Waals surface area contributed by atoms with E-state index in [1.54, 1.807) is 23.8 Å².